The highest BCUT2D eigenvalue weighted by molar-refractivity contribution is 14.1. The fraction of sp³-hybridized carbons (Fsp3) is 0.250. The molecule has 0 amide bonds. The second-order valence-electron chi connectivity index (χ2n) is 2.10. The van der Waals surface area contributed by atoms with Gasteiger partial charge in [-0.2, -0.15) is 0 Å². The van der Waals surface area contributed by atoms with Crippen LogP contribution in [-0.4, -0.2) is 0 Å². The SMILES string of the molecule is CCc1ccc(Br)c(I)c1. The fourth-order valence-electron chi connectivity index (χ4n) is 0.760. The number of benzene rings is 1. The highest BCUT2D eigenvalue weighted by Crippen LogP contribution is 2.19. The Kier molecular flexibility index (Phi) is 3.17. The van der Waals surface area contributed by atoms with Gasteiger partial charge in [0, 0.05) is 8.04 Å². The summed E-state index contributed by atoms with van der Waals surface area (Å²) in [6.07, 6.45) is 1.11. The van der Waals surface area contributed by atoms with Gasteiger partial charge in [-0.3, -0.25) is 0 Å². The Morgan fingerprint density at radius 3 is 2.70 bits per heavy atom. The van der Waals surface area contributed by atoms with Gasteiger partial charge in [0.05, 0.1) is 0 Å². The van der Waals surface area contributed by atoms with E-state index >= 15 is 0 Å². The maximum Gasteiger partial charge on any atom is 0.0309 e. The average molecular weight is 311 g/mol. The van der Waals surface area contributed by atoms with E-state index < -0.39 is 0 Å². The van der Waals surface area contributed by atoms with Crippen LogP contribution >= 0.6 is 38.5 Å². The van der Waals surface area contributed by atoms with Gasteiger partial charge in [0.2, 0.25) is 0 Å². The molecule has 0 radical (unpaired) electrons. The Morgan fingerprint density at radius 1 is 1.50 bits per heavy atom. The molecule has 0 saturated carbocycles. The summed E-state index contributed by atoms with van der Waals surface area (Å²) in [6.45, 7) is 2.17. The summed E-state index contributed by atoms with van der Waals surface area (Å²) < 4.78 is 2.47. The standard InChI is InChI=1S/C8H8BrI/c1-2-6-3-4-7(9)8(10)5-6/h3-5H,2H2,1H3. The molecule has 54 valence electrons. The van der Waals surface area contributed by atoms with E-state index in [-0.39, 0.29) is 0 Å². The molecular weight excluding hydrogens is 303 g/mol. The lowest BCUT2D eigenvalue weighted by atomic mass is 10.2. The Morgan fingerprint density at radius 2 is 2.20 bits per heavy atom. The summed E-state index contributed by atoms with van der Waals surface area (Å²) in [5.41, 5.74) is 1.40. The molecular formula is C8H8BrI. The fourth-order valence-corrected chi connectivity index (χ4v) is 1.59. The number of hydrogen-bond acceptors (Lipinski definition) is 0. The second kappa shape index (κ2) is 3.72. The van der Waals surface area contributed by atoms with Gasteiger partial charge >= 0.3 is 0 Å². The molecule has 0 unspecified atom stereocenters. The molecule has 1 aromatic rings. The lowest BCUT2D eigenvalue weighted by molar-refractivity contribution is 1.13. The van der Waals surface area contributed by atoms with E-state index in [2.05, 4.69) is 63.6 Å². The van der Waals surface area contributed by atoms with Gasteiger partial charge in [-0.15, -0.1) is 0 Å². The second-order valence-corrected chi connectivity index (χ2v) is 4.12. The minimum absolute atomic E-state index is 1.11. The molecule has 0 aliphatic heterocycles. The Balaban J connectivity index is 3.04. The minimum atomic E-state index is 1.11. The summed E-state index contributed by atoms with van der Waals surface area (Å²) in [5.74, 6) is 0. The first-order valence-electron chi connectivity index (χ1n) is 3.18. The van der Waals surface area contributed by atoms with Crippen LogP contribution in [0.15, 0.2) is 22.7 Å². The van der Waals surface area contributed by atoms with Gasteiger partial charge in [0.1, 0.15) is 0 Å². The predicted octanol–water partition coefficient (Wildman–Crippen LogP) is 3.62. The molecule has 1 rings (SSSR count). The topological polar surface area (TPSA) is 0 Å². The van der Waals surface area contributed by atoms with Crippen LogP contribution in [0.2, 0.25) is 0 Å². The largest absolute Gasteiger partial charge is 0.0613 e. The molecule has 0 N–H and O–H groups in total. The summed E-state index contributed by atoms with van der Waals surface area (Å²) in [5, 5.41) is 0. The normalized spacial score (nSPS) is 9.90. The maximum atomic E-state index is 3.45. The predicted molar refractivity (Wildman–Crippen MR) is 56.2 cm³/mol. The average Bonchev–Trinajstić information content (AvgIpc) is 1.95. The van der Waals surface area contributed by atoms with Crippen LogP contribution in [0.4, 0.5) is 0 Å². The first kappa shape index (κ1) is 8.53. The molecule has 0 bridgehead atoms. The maximum absolute atomic E-state index is 3.45. The molecule has 0 aliphatic carbocycles. The van der Waals surface area contributed by atoms with Crippen molar-refractivity contribution in [1.29, 1.82) is 0 Å². The lowest BCUT2D eigenvalue weighted by Gasteiger charge is -1.98. The van der Waals surface area contributed by atoms with Crippen LogP contribution < -0.4 is 0 Å². The van der Waals surface area contributed by atoms with Crippen molar-refractivity contribution in [2.24, 2.45) is 0 Å². The number of rotatable bonds is 1. The lowest BCUT2D eigenvalue weighted by Crippen LogP contribution is -1.81. The third-order valence-electron chi connectivity index (χ3n) is 1.39. The molecule has 0 aliphatic rings. The highest BCUT2D eigenvalue weighted by Gasteiger charge is 1.95. The van der Waals surface area contributed by atoms with Crippen LogP contribution in [0.3, 0.4) is 0 Å². The monoisotopic (exact) mass is 310 g/mol. The first-order chi connectivity index (χ1) is 4.74. The quantitative estimate of drug-likeness (QED) is 0.695. The van der Waals surface area contributed by atoms with Crippen molar-refractivity contribution in [3.05, 3.63) is 31.8 Å². The van der Waals surface area contributed by atoms with E-state index in [9.17, 15) is 0 Å². The Labute approximate surface area is 83.3 Å². The molecule has 0 heterocycles. The van der Waals surface area contributed by atoms with Crippen molar-refractivity contribution in [3.63, 3.8) is 0 Å². The van der Waals surface area contributed by atoms with Crippen molar-refractivity contribution in [2.45, 2.75) is 13.3 Å². The molecule has 0 nitrogen and oxygen atoms in total. The van der Waals surface area contributed by atoms with Crippen molar-refractivity contribution in [2.75, 3.05) is 0 Å². The van der Waals surface area contributed by atoms with Crippen molar-refractivity contribution in [1.82, 2.24) is 0 Å². The zero-order chi connectivity index (χ0) is 7.56. The van der Waals surface area contributed by atoms with Crippen molar-refractivity contribution < 1.29 is 0 Å². The zero-order valence-corrected chi connectivity index (χ0v) is 9.44. The summed E-state index contributed by atoms with van der Waals surface area (Å²) in [7, 11) is 0. The van der Waals surface area contributed by atoms with Crippen LogP contribution in [0.5, 0.6) is 0 Å². The molecule has 2 heteroatoms. The molecule has 0 fully saturated rings. The van der Waals surface area contributed by atoms with Gasteiger partial charge in [-0.05, 0) is 62.6 Å². The van der Waals surface area contributed by atoms with Gasteiger partial charge in [-0.25, -0.2) is 0 Å². The number of aryl methyl sites for hydroxylation is 1. The van der Waals surface area contributed by atoms with E-state index in [4.69, 9.17) is 0 Å². The molecule has 1 aromatic carbocycles. The summed E-state index contributed by atoms with van der Waals surface area (Å²) in [4.78, 5) is 0. The molecule has 0 spiro atoms. The van der Waals surface area contributed by atoms with E-state index in [1.807, 2.05) is 0 Å². The summed E-state index contributed by atoms with van der Waals surface area (Å²) >= 11 is 5.78. The first-order valence-corrected chi connectivity index (χ1v) is 5.05. The third-order valence-corrected chi connectivity index (χ3v) is 3.72. The van der Waals surface area contributed by atoms with E-state index in [0.29, 0.717) is 0 Å². The van der Waals surface area contributed by atoms with E-state index in [1.165, 1.54) is 13.6 Å². The van der Waals surface area contributed by atoms with Crippen LogP contribution in [-0.2, 0) is 6.42 Å². The van der Waals surface area contributed by atoms with Crippen LogP contribution in [0.25, 0.3) is 0 Å². The zero-order valence-electron chi connectivity index (χ0n) is 5.70. The molecule has 10 heavy (non-hydrogen) atoms. The minimum Gasteiger partial charge on any atom is -0.0613 e. The van der Waals surface area contributed by atoms with Gasteiger partial charge < -0.3 is 0 Å². The number of halogens is 2. The molecule has 0 saturated heterocycles. The Hall–Kier alpha value is 0.430. The molecule has 0 aromatic heterocycles. The van der Waals surface area contributed by atoms with Crippen LogP contribution in [0.1, 0.15) is 12.5 Å². The van der Waals surface area contributed by atoms with E-state index in [1.54, 1.807) is 0 Å². The van der Waals surface area contributed by atoms with Crippen molar-refractivity contribution in [3.8, 4) is 0 Å². The summed E-state index contributed by atoms with van der Waals surface area (Å²) in [6, 6.07) is 6.44. The highest BCUT2D eigenvalue weighted by atomic mass is 127. The van der Waals surface area contributed by atoms with Gasteiger partial charge in [0.25, 0.3) is 0 Å². The molecule has 0 atom stereocenters. The third kappa shape index (κ3) is 1.95. The van der Waals surface area contributed by atoms with Gasteiger partial charge in [0.15, 0.2) is 0 Å². The van der Waals surface area contributed by atoms with Crippen LogP contribution in [0, 0.1) is 3.57 Å². The smallest absolute Gasteiger partial charge is 0.0309 e. The Bertz CT molecular complexity index is 233. The van der Waals surface area contributed by atoms with Gasteiger partial charge in [-0.1, -0.05) is 13.0 Å². The van der Waals surface area contributed by atoms with E-state index in [0.717, 1.165) is 6.42 Å². The number of hydrogen-bond donors (Lipinski definition) is 0. The van der Waals surface area contributed by atoms with Crippen molar-refractivity contribution >= 4 is 38.5 Å².